The summed E-state index contributed by atoms with van der Waals surface area (Å²) < 4.78 is 5.58. The van der Waals surface area contributed by atoms with Crippen molar-refractivity contribution in [1.82, 2.24) is 10.2 Å². The van der Waals surface area contributed by atoms with E-state index >= 15 is 0 Å². The number of amides is 1. The van der Waals surface area contributed by atoms with E-state index in [9.17, 15) is 4.79 Å². The minimum atomic E-state index is -0.679. The summed E-state index contributed by atoms with van der Waals surface area (Å²) in [5.74, 6) is 0.591. The van der Waals surface area contributed by atoms with Gasteiger partial charge in [-0.05, 0) is 12.8 Å². The number of likely N-dealkylation sites (N-methyl/N-ethyl adjacent to an activating group) is 1. The van der Waals surface area contributed by atoms with Gasteiger partial charge in [0, 0.05) is 26.7 Å². The third-order valence-corrected chi connectivity index (χ3v) is 2.68. The number of morpholine rings is 1. The highest BCUT2D eigenvalue weighted by Gasteiger charge is 2.38. The van der Waals surface area contributed by atoms with Crippen LogP contribution in [0.1, 0.15) is 20.8 Å². The molecule has 0 radical (unpaired) electrons. The highest BCUT2D eigenvalue weighted by atomic mass is 16.5. The molecule has 1 amide bonds. The Morgan fingerprint density at radius 1 is 1.60 bits per heavy atom. The molecule has 0 aromatic rings. The van der Waals surface area contributed by atoms with Crippen LogP contribution < -0.4 is 5.32 Å². The van der Waals surface area contributed by atoms with Crippen molar-refractivity contribution in [3.05, 3.63) is 0 Å². The summed E-state index contributed by atoms with van der Waals surface area (Å²) in [6.45, 7) is 9.50. The van der Waals surface area contributed by atoms with Gasteiger partial charge >= 0.3 is 0 Å². The molecule has 1 aliphatic heterocycles. The number of hydrogen-bond donors (Lipinski definition) is 1. The van der Waals surface area contributed by atoms with Crippen molar-refractivity contribution < 1.29 is 9.53 Å². The lowest BCUT2D eigenvalue weighted by atomic mass is 10.0. The molecular formula is C11H22N2O2. The van der Waals surface area contributed by atoms with Crippen LogP contribution in [-0.4, -0.2) is 49.7 Å². The maximum Gasteiger partial charge on any atom is 0.253 e. The van der Waals surface area contributed by atoms with Crippen LogP contribution in [0.5, 0.6) is 0 Å². The lowest BCUT2D eigenvalue weighted by molar-refractivity contribution is -0.156. The van der Waals surface area contributed by atoms with Gasteiger partial charge in [0.25, 0.3) is 5.91 Å². The van der Waals surface area contributed by atoms with Gasteiger partial charge in [-0.3, -0.25) is 9.69 Å². The Kier molecular flexibility index (Phi) is 4.11. The third kappa shape index (κ3) is 3.18. The molecule has 0 saturated carbocycles. The van der Waals surface area contributed by atoms with Gasteiger partial charge in [-0.2, -0.15) is 0 Å². The van der Waals surface area contributed by atoms with Crippen molar-refractivity contribution in [1.29, 1.82) is 0 Å². The lowest BCUT2D eigenvalue weighted by Crippen LogP contribution is -2.58. The predicted molar refractivity (Wildman–Crippen MR) is 59.7 cm³/mol. The summed E-state index contributed by atoms with van der Waals surface area (Å²) in [4.78, 5) is 14.0. The van der Waals surface area contributed by atoms with Crippen LogP contribution in [-0.2, 0) is 9.53 Å². The number of carbonyl (C=O) groups is 1. The van der Waals surface area contributed by atoms with Crippen molar-refractivity contribution in [2.75, 3.05) is 33.3 Å². The van der Waals surface area contributed by atoms with Gasteiger partial charge in [0.1, 0.15) is 0 Å². The molecule has 88 valence electrons. The van der Waals surface area contributed by atoms with Crippen LogP contribution >= 0.6 is 0 Å². The van der Waals surface area contributed by atoms with E-state index in [1.165, 1.54) is 0 Å². The minimum absolute atomic E-state index is 0.0315. The van der Waals surface area contributed by atoms with E-state index in [-0.39, 0.29) is 5.91 Å². The van der Waals surface area contributed by atoms with Crippen molar-refractivity contribution in [3.8, 4) is 0 Å². The molecule has 1 unspecified atom stereocenters. The van der Waals surface area contributed by atoms with Gasteiger partial charge < -0.3 is 10.1 Å². The first-order valence-corrected chi connectivity index (χ1v) is 5.56. The van der Waals surface area contributed by atoms with Crippen LogP contribution in [0.3, 0.4) is 0 Å². The number of nitrogens with one attached hydrogen (secondary N) is 1. The summed E-state index contributed by atoms with van der Waals surface area (Å²) >= 11 is 0. The Bertz CT molecular complexity index is 231. The topological polar surface area (TPSA) is 41.6 Å². The van der Waals surface area contributed by atoms with Crippen molar-refractivity contribution in [2.24, 2.45) is 5.92 Å². The first-order chi connectivity index (χ1) is 6.98. The highest BCUT2D eigenvalue weighted by Crippen LogP contribution is 2.18. The maximum absolute atomic E-state index is 11.7. The fourth-order valence-corrected chi connectivity index (χ4v) is 2.03. The van der Waals surface area contributed by atoms with Crippen LogP contribution in [0.15, 0.2) is 0 Å². The maximum atomic E-state index is 11.7. The summed E-state index contributed by atoms with van der Waals surface area (Å²) in [5.41, 5.74) is -0.679. The molecule has 1 saturated heterocycles. The van der Waals surface area contributed by atoms with Gasteiger partial charge in [0.05, 0.1) is 6.61 Å². The molecule has 1 heterocycles. The molecule has 4 nitrogen and oxygen atoms in total. The van der Waals surface area contributed by atoms with Crippen LogP contribution in [0, 0.1) is 5.92 Å². The molecule has 1 N–H and O–H groups in total. The Hall–Kier alpha value is -0.610. The monoisotopic (exact) mass is 214 g/mol. The highest BCUT2D eigenvalue weighted by molar-refractivity contribution is 5.84. The fraction of sp³-hybridized carbons (Fsp3) is 0.909. The van der Waals surface area contributed by atoms with Crippen LogP contribution in [0.2, 0.25) is 0 Å². The Labute approximate surface area is 92.0 Å². The van der Waals surface area contributed by atoms with E-state index in [2.05, 4.69) is 24.1 Å². The molecule has 1 fully saturated rings. The molecule has 0 aromatic heterocycles. The average molecular weight is 214 g/mol. The number of nitrogens with zero attached hydrogens (tertiary/aromatic N) is 1. The number of ether oxygens (including phenoxy) is 1. The van der Waals surface area contributed by atoms with E-state index in [4.69, 9.17) is 4.74 Å². The second-order valence-corrected chi connectivity index (χ2v) is 4.79. The SMILES string of the molecule is CNC(=O)C1(C)CN(CC(C)C)CCO1. The summed E-state index contributed by atoms with van der Waals surface area (Å²) in [7, 11) is 1.65. The largest absolute Gasteiger partial charge is 0.363 e. The van der Waals surface area contributed by atoms with E-state index < -0.39 is 5.60 Å². The zero-order chi connectivity index (χ0) is 11.5. The molecule has 1 rings (SSSR count). The van der Waals surface area contributed by atoms with Gasteiger partial charge in [-0.1, -0.05) is 13.8 Å². The van der Waals surface area contributed by atoms with Crippen LogP contribution in [0.4, 0.5) is 0 Å². The summed E-state index contributed by atoms with van der Waals surface area (Å²) in [6, 6.07) is 0. The molecular weight excluding hydrogens is 192 g/mol. The summed E-state index contributed by atoms with van der Waals surface area (Å²) in [5, 5.41) is 2.66. The quantitative estimate of drug-likeness (QED) is 0.743. The van der Waals surface area contributed by atoms with E-state index in [1.54, 1.807) is 7.05 Å². The Balaban J connectivity index is 2.58. The standard InChI is InChI=1S/C11H22N2O2/c1-9(2)7-13-5-6-15-11(3,8-13)10(14)12-4/h9H,5-8H2,1-4H3,(H,12,14). The zero-order valence-corrected chi connectivity index (χ0v) is 10.2. The molecule has 15 heavy (non-hydrogen) atoms. The first kappa shape index (κ1) is 12.5. The Morgan fingerprint density at radius 2 is 2.27 bits per heavy atom. The van der Waals surface area contributed by atoms with Crippen LogP contribution in [0.25, 0.3) is 0 Å². The zero-order valence-electron chi connectivity index (χ0n) is 10.2. The number of rotatable bonds is 3. The second kappa shape index (κ2) is 4.94. The number of carbonyl (C=O) groups excluding carboxylic acids is 1. The Morgan fingerprint density at radius 3 is 2.80 bits per heavy atom. The summed E-state index contributed by atoms with van der Waals surface area (Å²) in [6.07, 6.45) is 0. The molecule has 0 bridgehead atoms. The minimum Gasteiger partial charge on any atom is -0.363 e. The normalized spacial score (nSPS) is 28.1. The van der Waals surface area contributed by atoms with Crippen molar-refractivity contribution in [3.63, 3.8) is 0 Å². The van der Waals surface area contributed by atoms with Gasteiger partial charge in [-0.25, -0.2) is 0 Å². The van der Waals surface area contributed by atoms with E-state index in [0.29, 0.717) is 19.1 Å². The molecule has 1 atom stereocenters. The predicted octanol–water partition coefficient (Wildman–Crippen LogP) is 0.479. The second-order valence-electron chi connectivity index (χ2n) is 4.79. The fourth-order valence-electron chi connectivity index (χ4n) is 2.03. The molecule has 4 heteroatoms. The van der Waals surface area contributed by atoms with Gasteiger partial charge in [-0.15, -0.1) is 0 Å². The average Bonchev–Trinajstić information content (AvgIpc) is 2.15. The van der Waals surface area contributed by atoms with E-state index in [1.807, 2.05) is 6.92 Å². The smallest absolute Gasteiger partial charge is 0.253 e. The lowest BCUT2D eigenvalue weighted by Gasteiger charge is -2.39. The third-order valence-electron chi connectivity index (χ3n) is 2.68. The van der Waals surface area contributed by atoms with Crippen molar-refractivity contribution in [2.45, 2.75) is 26.4 Å². The molecule has 0 aliphatic carbocycles. The van der Waals surface area contributed by atoms with Gasteiger partial charge in [0.15, 0.2) is 5.60 Å². The van der Waals surface area contributed by atoms with Gasteiger partial charge in [0.2, 0.25) is 0 Å². The van der Waals surface area contributed by atoms with Crippen molar-refractivity contribution >= 4 is 5.91 Å². The molecule has 0 spiro atoms. The molecule has 0 aromatic carbocycles. The number of hydrogen-bond acceptors (Lipinski definition) is 3. The first-order valence-electron chi connectivity index (χ1n) is 5.56. The van der Waals surface area contributed by atoms with E-state index in [0.717, 1.165) is 13.1 Å². The molecule has 1 aliphatic rings.